The second-order valence-electron chi connectivity index (χ2n) is 5.39. The lowest BCUT2D eigenvalue weighted by molar-refractivity contribution is -0.125. The Balaban J connectivity index is 1.97. The van der Waals surface area contributed by atoms with Gasteiger partial charge in [0.2, 0.25) is 0 Å². The number of ketones is 1. The number of piperazine rings is 1. The Morgan fingerprint density at radius 1 is 1.17 bits per heavy atom. The first-order valence-corrected chi connectivity index (χ1v) is 6.83. The smallest absolute Gasteiger partial charge is 0.155 e. The number of hydrogen-bond donors (Lipinski definition) is 1. The molecule has 0 radical (unpaired) electrons. The quantitative estimate of drug-likeness (QED) is 0.816. The minimum Gasteiger partial charge on any atom is -0.314 e. The highest BCUT2D eigenvalue weighted by Crippen LogP contribution is 2.37. The molecule has 1 aliphatic carbocycles. The van der Waals surface area contributed by atoms with Gasteiger partial charge in [0.1, 0.15) is 0 Å². The summed E-state index contributed by atoms with van der Waals surface area (Å²) in [5.74, 6) is 0.760. The van der Waals surface area contributed by atoms with Crippen molar-refractivity contribution in [3.63, 3.8) is 0 Å². The summed E-state index contributed by atoms with van der Waals surface area (Å²) in [6.45, 7) is 6.08. The van der Waals surface area contributed by atoms with Crippen molar-refractivity contribution in [3.05, 3.63) is 35.4 Å². The predicted molar refractivity (Wildman–Crippen MR) is 71.7 cm³/mol. The highest BCUT2D eigenvalue weighted by atomic mass is 16.1. The fourth-order valence-electron chi connectivity index (χ4n) is 3.25. The molecule has 1 fully saturated rings. The van der Waals surface area contributed by atoms with Crippen molar-refractivity contribution in [2.45, 2.75) is 25.3 Å². The van der Waals surface area contributed by atoms with Crippen molar-refractivity contribution in [3.8, 4) is 0 Å². The molecule has 1 N–H and O–H groups in total. The number of fused-ring (bicyclic) bond motifs is 1. The van der Waals surface area contributed by atoms with E-state index >= 15 is 0 Å². The molecule has 0 spiro atoms. The molecule has 1 aromatic carbocycles. The van der Waals surface area contributed by atoms with E-state index in [2.05, 4.69) is 41.4 Å². The minimum atomic E-state index is -0.000463. The third-order valence-electron chi connectivity index (χ3n) is 4.15. The lowest BCUT2D eigenvalue weighted by Gasteiger charge is -2.38. The molecule has 18 heavy (non-hydrogen) atoms. The van der Waals surface area contributed by atoms with Gasteiger partial charge >= 0.3 is 0 Å². The SMILES string of the molecule is CC1CC(=O)C(N2CCNCC2)c2ccccc21. The van der Waals surface area contributed by atoms with Crippen molar-refractivity contribution >= 4 is 5.78 Å². The summed E-state index contributed by atoms with van der Waals surface area (Å²) >= 11 is 0. The Morgan fingerprint density at radius 3 is 2.56 bits per heavy atom. The molecule has 0 bridgehead atoms. The van der Waals surface area contributed by atoms with Crippen LogP contribution in [0, 0.1) is 0 Å². The summed E-state index contributed by atoms with van der Waals surface area (Å²) in [4.78, 5) is 14.7. The van der Waals surface area contributed by atoms with Gasteiger partial charge in [0.25, 0.3) is 0 Å². The lowest BCUT2D eigenvalue weighted by atomic mass is 9.79. The summed E-state index contributed by atoms with van der Waals surface area (Å²) in [5, 5.41) is 3.35. The van der Waals surface area contributed by atoms with E-state index in [0.717, 1.165) is 26.2 Å². The molecule has 3 nitrogen and oxygen atoms in total. The summed E-state index contributed by atoms with van der Waals surface area (Å²) < 4.78 is 0. The molecule has 0 aromatic heterocycles. The fourth-order valence-corrected chi connectivity index (χ4v) is 3.25. The number of rotatable bonds is 1. The van der Waals surface area contributed by atoms with Gasteiger partial charge in [0, 0.05) is 32.6 Å². The Morgan fingerprint density at radius 2 is 1.83 bits per heavy atom. The number of Topliss-reactive ketones (excluding diaryl/α,β-unsaturated/α-hetero) is 1. The summed E-state index contributed by atoms with van der Waals surface area (Å²) in [7, 11) is 0. The zero-order valence-electron chi connectivity index (χ0n) is 10.9. The second kappa shape index (κ2) is 4.82. The maximum Gasteiger partial charge on any atom is 0.155 e. The fraction of sp³-hybridized carbons (Fsp3) is 0.533. The van der Waals surface area contributed by atoms with Crippen LogP contribution in [0.4, 0.5) is 0 Å². The van der Waals surface area contributed by atoms with E-state index in [0.29, 0.717) is 18.1 Å². The molecule has 0 saturated carbocycles. The second-order valence-corrected chi connectivity index (χ2v) is 5.39. The summed E-state index contributed by atoms with van der Waals surface area (Å²) in [5.41, 5.74) is 2.60. The number of nitrogens with one attached hydrogen (secondary N) is 1. The Bertz CT molecular complexity index is 452. The molecule has 0 amide bonds. The van der Waals surface area contributed by atoms with Gasteiger partial charge in [-0.15, -0.1) is 0 Å². The summed E-state index contributed by atoms with van der Waals surface area (Å²) in [6, 6.07) is 8.45. The highest BCUT2D eigenvalue weighted by molar-refractivity contribution is 5.88. The standard InChI is InChI=1S/C15H20N2O/c1-11-10-14(18)15(17-8-6-16-7-9-17)13-5-3-2-4-12(11)13/h2-5,11,15-16H,6-10H2,1H3. The molecule has 3 rings (SSSR count). The molecule has 96 valence electrons. The Hall–Kier alpha value is -1.19. The van der Waals surface area contributed by atoms with Crippen molar-refractivity contribution in [2.75, 3.05) is 26.2 Å². The van der Waals surface area contributed by atoms with Crippen LogP contribution in [-0.4, -0.2) is 36.9 Å². The van der Waals surface area contributed by atoms with Crippen LogP contribution in [0.1, 0.15) is 36.4 Å². The molecule has 1 saturated heterocycles. The molecule has 1 heterocycles. The van der Waals surface area contributed by atoms with Gasteiger partial charge < -0.3 is 5.32 Å². The molecule has 2 atom stereocenters. The van der Waals surface area contributed by atoms with E-state index in [1.165, 1.54) is 11.1 Å². The summed E-state index contributed by atoms with van der Waals surface area (Å²) in [6.07, 6.45) is 0.686. The molecule has 2 unspecified atom stereocenters. The van der Waals surface area contributed by atoms with E-state index in [1.54, 1.807) is 0 Å². The molecule has 1 aromatic rings. The van der Waals surface area contributed by atoms with Crippen molar-refractivity contribution in [1.82, 2.24) is 10.2 Å². The Kier molecular flexibility index (Phi) is 3.18. The number of benzene rings is 1. The van der Waals surface area contributed by atoms with Crippen LogP contribution in [0.3, 0.4) is 0 Å². The van der Waals surface area contributed by atoms with Crippen molar-refractivity contribution < 1.29 is 4.79 Å². The van der Waals surface area contributed by atoms with Gasteiger partial charge in [-0.05, 0) is 17.0 Å². The van der Waals surface area contributed by atoms with Crippen LogP contribution >= 0.6 is 0 Å². The molecule has 1 aliphatic heterocycles. The monoisotopic (exact) mass is 244 g/mol. The average molecular weight is 244 g/mol. The maximum atomic E-state index is 12.4. The topological polar surface area (TPSA) is 32.3 Å². The predicted octanol–water partition coefficient (Wildman–Crippen LogP) is 1.71. The molecule has 2 aliphatic rings. The number of carbonyl (C=O) groups is 1. The third kappa shape index (κ3) is 1.98. The van der Waals surface area contributed by atoms with E-state index in [9.17, 15) is 4.79 Å². The van der Waals surface area contributed by atoms with E-state index in [-0.39, 0.29) is 6.04 Å². The highest BCUT2D eigenvalue weighted by Gasteiger charge is 2.35. The first-order chi connectivity index (χ1) is 8.77. The van der Waals surface area contributed by atoms with Gasteiger partial charge in [-0.25, -0.2) is 0 Å². The first kappa shape index (κ1) is 11.9. The molecular formula is C15H20N2O. The normalized spacial score (nSPS) is 29.1. The number of hydrogen-bond acceptors (Lipinski definition) is 3. The zero-order valence-corrected chi connectivity index (χ0v) is 10.9. The largest absolute Gasteiger partial charge is 0.314 e. The number of carbonyl (C=O) groups excluding carboxylic acids is 1. The van der Waals surface area contributed by atoms with Gasteiger partial charge in [-0.2, -0.15) is 0 Å². The van der Waals surface area contributed by atoms with Gasteiger partial charge in [0.05, 0.1) is 6.04 Å². The number of nitrogens with zero attached hydrogens (tertiary/aromatic N) is 1. The third-order valence-corrected chi connectivity index (χ3v) is 4.15. The van der Waals surface area contributed by atoms with E-state index in [4.69, 9.17) is 0 Å². The molecule has 3 heteroatoms. The molecular weight excluding hydrogens is 224 g/mol. The lowest BCUT2D eigenvalue weighted by Crippen LogP contribution is -2.48. The van der Waals surface area contributed by atoms with Crippen LogP contribution in [0.15, 0.2) is 24.3 Å². The van der Waals surface area contributed by atoms with Crippen LogP contribution in [0.5, 0.6) is 0 Å². The van der Waals surface area contributed by atoms with E-state index in [1.807, 2.05) is 0 Å². The zero-order chi connectivity index (χ0) is 12.5. The van der Waals surface area contributed by atoms with Crippen molar-refractivity contribution in [1.29, 1.82) is 0 Å². The van der Waals surface area contributed by atoms with Crippen LogP contribution in [-0.2, 0) is 4.79 Å². The van der Waals surface area contributed by atoms with Crippen molar-refractivity contribution in [2.24, 2.45) is 0 Å². The first-order valence-electron chi connectivity index (χ1n) is 6.83. The van der Waals surface area contributed by atoms with Crippen LogP contribution in [0.25, 0.3) is 0 Å². The van der Waals surface area contributed by atoms with Crippen LogP contribution < -0.4 is 5.32 Å². The Labute approximate surface area is 108 Å². The van der Waals surface area contributed by atoms with E-state index < -0.39 is 0 Å². The maximum absolute atomic E-state index is 12.4. The van der Waals surface area contributed by atoms with Crippen LogP contribution in [0.2, 0.25) is 0 Å². The van der Waals surface area contributed by atoms with Gasteiger partial charge in [-0.1, -0.05) is 31.2 Å². The van der Waals surface area contributed by atoms with Gasteiger partial charge in [-0.3, -0.25) is 9.69 Å². The minimum absolute atomic E-state index is 0.000463. The average Bonchev–Trinajstić information content (AvgIpc) is 2.40. The van der Waals surface area contributed by atoms with Gasteiger partial charge in [0.15, 0.2) is 5.78 Å².